The number of rotatable bonds is 3. The van der Waals surface area contributed by atoms with Crippen molar-refractivity contribution >= 4 is 17.3 Å². The molecular weight excluding hydrogens is 391 g/mol. The molecule has 0 unspecified atom stereocenters. The summed E-state index contributed by atoms with van der Waals surface area (Å²) in [6.07, 6.45) is -0.0470. The van der Waals surface area contributed by atoms with Crippen LogP contribution in [0.3, 0.4) is 0 Å². The number of para-hydroxylation sites is 1. The fraction of sp³-hybridized carbons (Fsp3) is 0.174. The predicted molar refractivity (Wildman–Crippen MR) is 110 cm³/mol. The van der Waals surface area contributed by atoms with Gasteiger partial charge in [0.25, 0.3) is 0 Å². The number of hydrogen-bond donors (Lipinski definition) is 0. The van der Waals surface area contributed by atoms with Crippen LogP contribution >= 0.6 is 11.6 Å². The third kappa shape index (κ3) is 3.02. The SMILES string of the molecule is COc1ccc(C2=NN3[C@H](C2)c2ccccc2O[C@@H]3c2c(F)cccc2Cl)cc1. The van der Waals surface area contributed by atoms with E-state index in [0.717, 1.165) is 28.3 Å². The molecule has 2 heterocycles. The molecule has 0 spiro atoms. The third-order valence-corrected chi connectivity index (χ3v) is 5.70. The summed E-state index contributed by atoms with van der Waals surface area (Å²) >= 11 is 6.36. The van der Waals surface area contributed by atoms with Crippen LogP contribution in [0.2, 0.25) is 5.02 Å². The maximum Gasteiger partial charge on any atom is 0.218 e. The zero-order valence-corrected chi connectivity index (χ0v) is 16.4. The molecule has 2 aliphatic heterocycles. The Bertz CT molecular complexity index is 1080. The minimum Gasteiger partial charge on any atom is -0.497 e. The van der Waals surface area contributed by atoms with Crippen LogP contribution in [0.25, 0.3) is 0 Å². The van der Waals surface area contributed by atoms with E-state index < -0.39 is 12.0 Å². The fourth-order valence-electron chi connectivity index (χ4n) is 3.93. The van der Waals surface area contributed by atoms with Crippen molar-refractivity contribution in [3.63, 3.8) is 0 Å². The van der Waals surface area contributed by atoms with Crippen LogP contribution in [0.5, 0.6) is 11.5 Å². The van der Waals surface area contributed by atoms with Crippen LogP contribution in [0.1, 0.15) is 35.4 Å². The molecule has 5 rings (SSSR count). The Hall–Kier alpha value is -3.05. The van der Waals surface area contributed by atoms with Gasteiger partial charge in [0.2, 0.25) is 6.23 Å². The van der Waals surface area contributed by atoms with Crippen molar-refractivity contribution in [2.24, 2.45) is 5.10 Å². The summed E-state index contributed by atoms with van der Waals surface area (Å²) in [5.41, 5.74) is 3.24. The lowest BCUT2D eigenvalue weighted by Crippen LogP contribution is -2.34. The largest absolute Gasteiger partial charge is 0.497 e. The summed E-state index contributed by atoms with van der Waals surface area (Å²) in [6.45, 7) is 0. The van der Waals surface area contributed by atoms with Gasteiger partial charge in [-0.1, -0.05) is 35.9 Å². The van der Waals surface area contributed by atoms with Crippen LogP contribution in [-0.4, -0.2) is 17.8 Å². The smallest absolute Gasteiger partial charge is 0.218 e. The zero-order chi connectivity index (χ0) is 20.0. The summed E-state index contributed by atoms with van der Waals surface area (Å²) in [4.78, 5) is 0. The van der Waals surface area contributed by atoms with Crippen LogP contribution in [-0.2, 0) is 0 Å². The van der Waals surface area contributed by atoms with Gasteiger partial charge in [-0.25, -0.2) is 9.40 Å². The second-order valence-electron chi connectivity index (χ2n) is 7.02. The van der Waals surface area contributed by atoms with E-state index in [4.69, 9.17) is 26.2 Å². The van der Waals surface area contributed by atoms with E-state index in [0.29, 0.717) is 17.0 Å². The summed E-state index contributed by atoms with van der Waals surface area (Å²) in [6, 6.07) is 20.2. The van der Waals surface area contributed by atoms with Gasteiger partial charge < -0.3 is 9.47 Å². The molecule has 0 aliphatic carbocycles. The summed E-state index contributed by atoms with van der Waals surface area (Å²) in [5.74, 6) is 1.10. The number of halogens is 2. The molecule has 0 amide bonds. The van der Waals surface area contributed by atoms with Crippen molar-refractivity contribution in [2.45, 2.75) is 18.7 Å². The summed E-state index contributed by atoms with van der Waals surface area (Å²) < 4.78 is 26.2. The highest BCUT2D eigenvalue weighted by Gasteiger charge is 2.42. The second kappa shape index (κ2) is 7.08. The number of benzene rings is 3. The number of methoxy groups -OCH3 is 1. The predicted octanol–water partition coefficient (Wildman–Crippen LogP) is 5.73. The molecule has 3 aromatic rings. The average molecular weight is 409 g/mol. The van der Waals surface area contributed by atoms with E-state index in [1.165, 1.54) is 6.07 Å². The van der Waals surface area contributed by atoms with Gasteiger partial charge in [0.15, 0.2) is 0 Å². The molecule has 0 radical (unpaired) electrons. The Morgan fingerprint density at radius 1 is 1.07 bits per heavy atom. The Morgan fingerprint density at radius 2 is 1.86 bits per heavy atom. The van der Waals surface area contributed by atoms with Gasteiger partial charge in [-0.2, -0.15) is 5.10 Å². The highest BCUT2D eigenvalue weighted by molar-refractivity contribution is 6.31. The van der Waals surface area contributed by atoms with E-state index in [2.05, 4.69) is 0 Å². The monoisotopic (exact) mass is 408 g/mol. The van der Waals surface area contributed by atoms with E-state index in [-0.39, 0.29) is 6.04 Å². The second-order valence-corrected chi connectivity index (χ2v) is 7.43. The average Bonchev–Trinajstić information content (AvgIpc) is 3.19. The van der Waals surface area contributed by atoms with Crippen LogP contribution < -0.4 is 9.47 Å². The van der Waals surface area contributed by atoms with E-state index in [9.17, 15) is 4.39 Å². The molecule has 0 saturated heterocycles. The van der Waals surface area contributed by atoms with Gasteiger partial charge in [0.1, 0.15) is 17.3 Å². The van der Waals surface area contributed by atoms with Gasteiger partial charge in [-0.3, -0.25) is 0 Å². The summed E-state index contributed by atoms with van der Waals surface area (Å²) in [5, 5.41) is 6.98. The first-order valence-corrected chi connectivity index (χ1v) is 9.73. The first-order chi connectivity index (χ1) is 14.2. The van der Waals surface area contributed by atoms with Gasteiger partial charge in [-0.05, 0) is 48.0 Å². The van der Waals surface area contributed by atoms with Crippen molar-refractivity contribution in [2.75, 3.05) is 7.11 Å². The highest BCUT2D eigenvalue weighted by Crippen LogP contribution is 2.48. The topological polar surface area (TPSA) is 34.1 Å². The van der Waals surface area contributed by atoms with Gasteiger partial charge in [0, 0.05) is 12.0 Å². The van der Waals surface area contributed by atoms with Gasteiger partial charge >= 0.3 is 0 Å². The molecule has 0 bridgehead atoms. The number of hydrogen-bond acceptors (Lipinski definition) is 4. The van der Waals surface area contributed by atoms with Crippen molar-refractivity contribution in [3.05, 3.63) is 94.3 Å². The number of fused-ring (bicyclic) bond motifs is 3. The standard InChI is InChI=1S/C23H18ClFN2O2/c1-28-15-11-9-14(10-12-15)19-13-20-16-5-2-3-8-21(16)29-23(27(20)26-19)22-17(24)6-4-7-18(22)25/h2-12,20,23H,13H2,1H3/t20-,23-/m1/s1. The Labute approximate surface area is 173 Å². The first kappa shape index (κ1) is 18.0. The third-order valence-electron chi connectivity index (χ3n) is 5.37. The lowest BCUT2D eigenvalue weighted by molar-refractivity contribution is -0.0211. The highest BCUT2D eigenvalue weighted by atomic mass is 35.5. The lowest BCUT2D eigenvalue weighted by Gasteiger charge is -2.38. The van der Waals surface area contributed by atoms with Crippen LogP contribution in [0.4, 0.5) is 4.39 Å². The minimum absolute atomic E-state index is 0.0577. The molecule has 3 aromatic carbocycles. The molecular formula is C23H18ClFN2O2. The number of ether oxygens (including phenoxy) is 2. The van der Waals surface area contributed by atoms with E-state index in [1.807, 2.05) is 53.5 Å². The fourth-order valence-corrected chi connectivity index (χ4v) is 4.19. The van der Waals surface area contributed by atoms with Crippen molar-refractivity contribution in [3.8, 4) is 11.5 Å². The van der Waals surface area contributed by atoms with Crippen molar-refractivity contribution in [1.82, 2.24) is 5.01 Å². The van der Waals surface area contributed by atoms with Crippen molar-refractivity contribution in [1.29, 1.82) is 0 Å². The molecule has 2 atom stereocenters. The molecule has 29 heavy (non-hydrogen) atoms. The first-order valence-electron chi connectivity index (χ1n) is 9.35. The van der Waals surface area contributed by atoms with E-state index in [1.54, 1.807) is 19.2 Å². The lowest BCUT2D eigenvalue weighted by atomic mass is 9.96. The zero-order valence-electron chi connectivity index (χ0n) is 15.7. The van der Waals surface area contributed by atoms with Gasteiger partial charge in [0.05, 0.1) is 29.4 Å². The number of hydrazone groups is 1. The Balaban J connectivity index is 1.60. The molecule has 0 aromatic heterocycles. The van der Waals surface area contributed by atoms with Crippen molar-refractivity contribution < 1.29 is 13.9 Å². The minimum atomic E-state index is -0.737. The Kier molecular flexibility index (Phi) is 4.40. The van der Waals surface area contributed by atoms with Crippen LogP contribution in [0, 0.1) is 5.82 Å². The van der Waals surface area contributed by atoms with E-state index >= 15 is 0 Å². The normalized spacial score (nSPS) is 19.8. The molecule has 0 saturated carbocycles. The number of nitrogens with zero attached hydrogens (tertiary/aromatic N) is 2. The molecule has 0 fully saturated rings. The quantitative estimate of drug-likeness (QED) is 0.555. The van der Waals surface area contributed by atoms with Gasteiger partial charge in [-0.15, -0.1) is 0 Å². The summed E-state index contributed by atoms with van der Waals surface area (Å²) in [7, 11) is 1.64. The molecule has 0 N–H and O–H groups in total. The van der Waals surface area contributed by atoms with Crippen LogP contribution in [0.15, 0.2) is 71.8 Å². The molecule has 4 nitrogen and oxygen atoms in total. The molecule has 2 aliphatic rings. The Morgan fingerprint density at radius 3 is 2.62 bits per heavy atom. The molecule has 146 valence electrons. The maximum absolute atomic E-state index is 14.7. The molecule has 6 heteroatoms. The maximum atomic E-state index is 14.7.